The summed E-state index contributed by atoms with van der Waals surface area (Å²) < 4.78 is 5.37. The van der Waals surface area contributed by atoms with Crippen LogP contribution in [0.3, 0.4) is 0 Å². The van der Waals surface area contributed by atoms with Gasteiger partial charge in [-0.05, 0) is 19.1 Å². The van der Waals surface area contributed by atoms with Gasteiger partial charge in [-0.15, -0.1) is 0 Å². The summed E-state index contributed by atoms with van der Waals surface area (Å²) >= 11 is 0. The molecular weight excluding hydrogens is 254 g/mol. The lowest BCUT2D eigenvalue weighted by atomic mass is 10.2. The summed E-state index contributed by atoms with van der Waals surface area (Å²) in [6, 6.07) is 9.45. The standard InChI is InChI=1S/C15H19N3O2/c1-12-11-20-9-8-18(12)7-6-15(19)17-14-5-3-2-4-13(14)10-16/h2-5,12H,6-9,11H2,1H3,(H,17,19). The summed E-state index contributed by atoms with van der Waals surface area (Å²) in [5.41, 5.74) is 1.07. The van der Waals surface area contributed by atoms with E-state index in [0.717, 1.165) is 19.8 Å². The fourth-order valence-corrected chi connectivity index (χ4v) is 2.24. The van der Waals surface area contributed by atoms with Crippen LogP contribution in [0, 0.1) is 11.3 Å². The molecule has 0 spiro atoms. The number of nitrogens with zero attached hydrogens (tertiary/aromatic N) is 2. The van der Waals surface area contributed by atoms with Crippen molar-refractivity contribution in [1.29, 1.82) is 5.26 Å². The first kappa shape index (κ1) is 14.5. The molecule has 2 rings (SSSR count). The number of benzene rings is 1. The molecule has 0 bridgehead atoms. The number of para-hydroxylation sites is 1. The number of amides is 1. The minimum atomic E-state index is -0.0635. The van der Waals surface area contributed by atoms with Gasteiger partial charge in [-0.3, -0.25) is 9.69 Å². The molecule has 1 aromatic carbocycles. The molecule has 0 aliphatic carbocycles. The molecule has 106 valence electrons. The predicted molar refractivity (Wildman–Crippen MR) is 76.3 cm³/mol. The lowest BCUT2D eigenvalue weighted by Crippen LogP contribution is -2.44. The van der Waals surface area contributed by atoms with Crippen molar-refractivity contribution in [2.45, 2.75) is 19.4 Å². The van der Waals surface area contributed by atoms with Gasteiger partial charge in [0.1, 0.15) is 6.07 Å². The quantitative estimate of drug-likeness (QED) is 0.905. The molecule has 1 aliphatic rings. The van der Waals surface area contributed by atoms with E-state index in [9.17, 15) is 4.79 Å². The maximum atomic E-state index is 12.0. The Morgan fingerprint density at radius 2 is 2.35 bits per heavy atom. The normalized spacial score (nSPS) is 19.3. The Morgan fingerprint density at radius 1 is 1.55 bits per heavy atom. The minimum Gasteiger partial charge on any atom is -0.379 e. The molecule has 1 saturated heterocycles. The van der Waals surface area contributed by atoms with E-state index < -0.39 is 0 Å². The molecule has 1 aliphatic heterocycles. The molecular formula is C15H19N3O2. The number of rotatable bonds is 4. The average molecular weight is 273 g/mol. The van der Waals surface area contributed by atoms with Crippen LogP contribution in [0.2, 0.25) is 0 Å². The Bertz CT molecular complexity index is 510. The van der Waals surface area contributed by atoms with E-state index in [0.29, 0.717) is 30.3 Å². The van der Waals surface area contributed by atoms with Crippen molar-refractivity contribution in [3.8, 4) is 6.07 Å². The summed E-state index contributed by atoms with van der Waals surface area (Å²) in [4.78, 5) is 14.2. The highest BCUT2D eigenvalue weighted by molar-refractivity contribution is 5.92. The van der Waals surface area contributed by atoms with Crippen LogP contribution in [-0.2, 0) is 9.53 Å². The van der Waals surface area contributed by atoms with Gasteiger partial charge < -0.3 is 10.1 Å². The Labute approximate surface area is 119 Å². The van der Waals surface area contributed by atoms with Crippen LogP contribution in [0.25, 0.3) is 0 Å². The molecule has 1 atom stereocenters. The van der Waals surface area contributed by atoms with E-state index in [1.807, 2.05) is 0 Å². The summed E-state index contributed by atoms with van der Waals surface area (Å²) in [7, 11) is 0. The van der Waals surface area contributed by atoms with E-state index in [1.54, 1.807) is 24.3 Å². The lowest BCUT2D eigenvalue weighted by molar-refractivity contribution is -0.117. The van der Waals surface area contributed by atoms with Crippen molar-refractivity contribution in [3.05, 3.63) is 29.8 Å². The SMILES string of the molecule is CC1COCCN1CCC(=O)Nc1ccccc1C#N. The topological polar surface area (TPSA) is 65.4 Å². The first-order valence-electron chi connectivity index (χ1n) is 6.81. The zero-order valence-electron chi connectivity index (χ0n) is 11.6. The molecule has 1 amide bonds. The van der Waals surface area contributed by atoms with Gasteiger partial charge in [0.15, 0.2) is 0 Å². The van der Waals surface area contributed by atoms with E-state index in [2.05, 4.69) is 23.2 Å². The van der Waals surface area contributed by atoms with Crippen LogP contribution >= 0.6 is 0 Å². The second kappa shape index (κ2) is 7.04. The molecule has 0 radical (unpaired) electrons. The zero-order valence-corrected chi connectivity index (χ0v) is 11.6. The third kappa shape index (κ3) is 3.80. The van der Waals surface area contributed by atoms with Crippen molar-refractivity contribution in [2.75, 3.05) is 31.6 Å². The number of hydrogen-bond acceptors (Lipinski definition) is 4. The summed E-state index contributed by atoms with van der Waals surface area (Å²) in [6.45, 7) is 5.12. The van der Waals surface area contributed by atoms with Gasteiger partial charge >= 0.3 is 0 Å². The highest BCUT2D eigenvalue weighted by atomic mass is 16.5. The number of ether oxygens (including phenoxy) is 1. The number of carbonyl (C=O) groups excluding carboxylic acids is 1. The van der Waals surface area contributed by atoms with Gasteiger partial charge in [0.05, 0.1) is 24.5 Å². The van der Waals surface area contributed by atoms with Crippen LogP contribution < -0.4 is 5.32 Å². The van der Waals surface area contributed by atoms with Crippen LogP contribution in [0.15, 0.2) is 24.3 Å². The number of nitrogens with one attached hydrogen (secondary N) is 1. The number of anilines is 1. The van der Waals surface area contributed by atoms with Crippen molar-refractivity contribution in [2.24, 2.45) is 0 Å². The van der Waals surface area contributed by atoms with Crippen LogP contribution in [0.1, 0.15) is 18.9 Å². The second-order valence-electron chi connectivity index (χ2n) is 4.92. The van der Waals surface area contributed by atoms with Gasteiger partial charge in [-0.1, -0.05) is 12.1 Å². The number of carbonyl (C=O) groups is 1. The van der Waals surface area contributed by atoms with Gasteiger partial charge in [0.25, 0.3) is 0 Å². The number of hydrogen-bond donors (Lipinski definition) is 1. The van der Waals surface area contributed by atoms with E-state index in [-0.39, 0.29) is 5.91 Å². The third-order valence-electron chi connectivity index (χ3n) is 3.45. The lowest BCUT2D eigenvalue weighted by Gasteiger charge is -2.32. The van der Waals surface area contributed by atoms with E-state index >= 15 is 0 Å². The fraction of sp³-hybridized carbons (Fsp3) is 0.467. The van der Waals surface area contributed by atoms with Crippen LogP contribution in [-0.4, -0.2) is 43.2 Å². The number of nitriles is 1. The second-order valence-corrected chi connectivity index (χ2v) is 4.92. The van der Waals surface area contributed by atoms with Gasteiger partial charge in [0, 0.05) is 25.6 Å². The third-order valence-corrected chi connectivity index (χ3v) is 3.45. The Morgan fingerprint density at radius 3 is 3.10 bits per heavy atom. The van der Waals surface area contributed by atoms with Gasteiger partial charge in [-0.25, -0.2) is 0 Å². The Kier molecular flexibility index (Phi) is 5.10. The maximum absolute atomic E-state index is 12.0. The summed E-state index contributed by atoms with van der Waals surface area (Å²) in [6.07, 6.45) is 0.421. The molecule has 0 aromatic heterocycles. The van der Waals surface area contributed by atoms with Crippen molar-refractivity contribution >= 4 is 11.6 Å². The molecule has 20 heavy (non-hydrogen) atoms. The Balaban J connectivity index is 1.85. The van der Waals surface area contributed by atoms with Crippen LogP contribution in [0.4, 0.5) is 5.69 Å². The van der Waals surface area contributed by atoms with Crippen LogP contribution in [0.5, 0.6) is 0 Å². The first-order valence-corrected chi connectivity index (χ1v) is 6.81. The molecule has 5 nitrogen and oxygen atoms in total. The van der Waals surface area contributed by atoms with Crippen molar-refractivity contribution < 1.29 is 9.53 Å². The van der Waals surface area contributed by atoms with Gasteiger partial charge in [0.2, 0.25) is 5.91 Å². The molecule has 5 heteroatoms. The highest BCUT2D eigenvalue weighted by Gasteiger charge is 2.19. The maximum Gasteiger partial charge on any atom is 0.225 e. The molecule has 1 heterocycles. The molecule has 1 aromatic rings. The smallest absolute Gasteiger partial charge is 0.225 e. The molecule has 1 N–H and O–H groups in total. The van der Waals surface area contributed by atoms with E-state index in [1.165, 1.54) is 0 Å². The van der Waals surface area contributed by atoms with Gasteiger partial charge in [-0.2, -0.15) is 5.26 Å². The largest absolute Gasteiger partial charge is 0.379 e. The number of morpholine rings is 1. The van der Waals surface area contributed by atoms with Crippen molar-refractivity contribution in [3.63, 3.8) is 0 Å². The zero-order chi connectivity index (χ0) is 14.4. The predicted octanol–water partition coefficient (Wildman–Crippen LogP) is 1.61. The molecule has 1 unspecified atom stereocenters. The van der Waals surface area contributed by atoms with Crippen molar-refractivity contribution in [1.82, 2.24) is 4.90 Å². The summed E-state index contributed by atoms with van der Waals surface area (Å²) in [5.74, 6) is -0.0635. The highest BCUT2D eigenvalue weighted by Crippen LogP contribution is 2.14. The molecule has 0 saturated carbocycles. The Hall–Kier alpha value is -1.90. The average Bonchev–Trinajstić information content (AvgIpc) is 2.47. The summed E-state index contributed by atoms with van der Waals surface area (Å²) in [5, 5.41) is 11.8. The first-order chi connectivity index (χ1) is 9.70. The minimum absolute atomic E-state index is 0.0635. The van der Waals surface area contributed by atoms with E-state index in [4.69, 9.17) is 10.00 Å². The molecule has 1 fully saturated rings. The fourth-order valence-electron chi connectivity index (χ4n) is 2.24. The monoisotopic (exact) mass is 273 g/mol.